The Morgan fingerprint density at radius 3 is 2.18 bits per heavy atom. The van der Waals surface area contributed by atoms with Crippen LogP contribution in [0.1, 0.15) is 40.0 Å². The van der Waals surface area contributed by atoms with Crippen molar-refractivity contribution >= 4 is 0 Å². The summed E-state index contributed by atoms with van der Waals surface area (Å²) in [5, 5.41) is 0. The monoisotopic (exact) mass is 152 g/mol. The summed E-state index contributed by atoms with van der Waals surface area (Å²) in [6, 6.07) is 0. The Balaban J connectivity index is 2.35. The van der Waals surface area contributed by atoms with Gasteiger partial charge in [0.05, 0.1) is 0 Å². The van der Waals surface area contributed by atoms with Crippen LogP contribution in [0.15, 0.2) is 12.2 Å². The van der Waals surface area contributed by atoms with Crippen LogP contribution in [0.5, 0.6) is 0 Å². The van der Waals surface area contributed by atoms with E-state index in [1.54, 1.807) is 0 Å². The average Bonchev–Trinajstić information content (AvgIpc) is 2.28. The SMILES string of the molecule is CC/C=C\C1CC(C)C(C)C1. The zero-order chi connectivity index (χ0) is 8.27. The molecule has 0 amide bonds. The van der Waals surface area contributed by atoms with Crippen molar-refractivity contribution in [1.82, 2.24) is 0 Å². The molecule has 0 aromatic carbocycles. The second-order valence-corrected chi connectivity index (χ2v) is 4.02. The van der Waals surface area contributed by atoms with Gasteiger partial charge in [-0.2, -0.15) is 0 Å². The number of hydrogen-bond donors (Lipinski definition) is 0. The molecule has 0 aromatic heterocycles. The van der Waals surface area contributed by atoms with Crippen LogP contribution in [-0.4, -0.2) is 0 Å². The molecule has 0 saturated heterocycles. The lowest BCUT2D eigenvalue weighted by Gasteiger charge is -2.04. The van der Waals surface area contributed by atoms with Crippen LogP contribution in [0.25, 0.3) is 0 Å². The molecule has 0 heterocycles. The number of allylic oxidation sites excluding steroid dienone is 2. The first-order valence-corrected chi connectivity index (χ1v) is 4.90. The smallest absolute Gasteiger partial charge is 0.0228 e. The first-order valence-electron chi connectivity index (χ1n) is 4.90. The summed E-state index contributed by atoms with van der Waals surface area (Å²) in [6.45, 7) is 6.97. The van der Waals surface area contributed by atoms with Gasteiger partial charge in [-0.25, -0.2) is 0 Å². The standard InChI is InChI=1S/C11H20/c1-4-5-6-11-7-9(2)10(3)8-11/h5-6,9-11H,4,7-8H2,1-3H3/b6-5-. The maximum Gasteiger partial charge on any atom is -0.0228 e. The van der Waals surface area contributed by atoms with E-state index in [0.29, 0.717) is 0 Å². The second-order valence-electron chi connectivity index (χ2n) is 4.02. The summed E-state index contributed by atoms with van der Waals surface area (Å²) in [5.41, 5.74) is 0. The molecule has 0 heteroatoms. The van der Waals surface area contributed by atoms with Crippen molar-refractivity contribution in [3.63, 3.8) is 0 Å². The molecule has 2 atom stereocenters. The molecule has 1 saturated carbocycles. The normalized spacial score (nSPS) is 38.6. The van der Waals surface area contributed by atoms with Gasteiger partial charge in [0.15, 0.2) is 0 Å². The fourth-order valence-corrected chi connectivity index (χ4v) is 2.00. The van der Waals surface area contributed by atoms with Crippen LogP contribution in [0, 0.1) is 17.8 Å². The van der Waals surface area contributed by atoms with Gasteiger partial charge in [-0.05, 0) is 37.0 Å². The highest BCUT2D eigenvalue weighted by Gasteiger charge is 2.25. The molecular weight excluding hydrogens is 132 g/mol. The van der Waals surface area contributed by atoms with E-state index >= 15 is 0 Å². The van der Waals surface area contributed by atoms with Crippen molar-refractivity contribution in [2.45, 2.75) is 40.0 Å². The van der Waals surface area contributed by atoms with Crippen molar-refractivity contribution in [3.8, 4) is 0 Å². The van der Waals surface area contributed by atoms with Crippen LogP contribution in [-0.2, 0) is 0 Å². The van der Waals surface area contributed by atoms with Gasteiger partial charge in [0, 0.05) is 0 Å². The maximum absolute atomic E-state index is 2.42. The van der Waals surface area contributed by atoms with Crippen LogP contribution in [0.2, 0.25) is 0 Å². The fourth-order valence-electron chi connectivity index (χ4n) is 2.00. The molecule has 1 aliphatic carbocycles. The maximum atomic E-state index is 2.42. The summed E-state index contributed by atoms with van der Waals surface area (Å²) in [7, 11) is 0. The Morgan fingerprint density at radius 1 is 1.18 bits per heavy atom. The Labute approximate surface area is 70.7 Å². The Hall–Kier alpha value is -0.260. The first kappa shape index (κ1) is 8.83. The van der Waals surface area contributed by atoms with E-state index in [4.69, 9.17) is 0 Å². The van der Waals surface area contributed by atoms with Crippen molar-refractivity contribution in [2.75, 3.05) is 0 Å². The first-order chi connectivity index (χ1) is 5.24. The molecule has 0 aliphatic heterocycles. The van der Waals surface area contributed by atoms with Gasteiger partial charge in [-0.15, -0.1) is 0 Å². The topological polar surface area (TPSA) is 0 Å². The fraction of sp³-hybridized carbons (Fsp3) is 0.818. The van der Waals surface area contributed by atoms with E-state index in [2.05, 4.69) is 32.9 Å². The van der Waals surface area contributed by atoms with Gasteiger partial charge in [0.2, 0.25) is 0 Å². The molecule has 0 spiro atoms. The molecule has 0 aromatic rings. The summed E-state index contributed by atoms with van der Waals surface area (Å²) < 4.78 is 0. The summed E-state index contributed by atoms with van der Waals surface area (Å²) >= 11 is 0. The summed E-state index contributed by atoms with van der Waals surface area (Å²) in [5.74, 6) is 2.78. The third kappa shape index (κ3) is 2.36. The lowest BCUT2D eigenvalue weighted by Crippen LogP contribution is -1.95. The molecule has 1 rings (SSSR count). The van der Waals surface area contributed by atoms with Gasteiger partial charge in [-0.1, -0.05) is 32.9 Å². The highest BCUT2D eigenvalue weighted by molar-refractivity contribution is 4.93. The van der Waals surface area contributed by atoms with Crippen molar-refractivity contribution in [3.05, 3.63) is 12.2 Å². The number of rotatable bonds is 2. The Kier molecular flexibility index (Phi) is 3.16. The summed E-state index contributed by atoms with van der Waals surface area (Å²) in [4.78, 5) is 0. The van der Waals surface area contributed by atoms with E-state index in [0.717, 1.165) is 17.8 Å². The van der Waals surface area contributed by atoms with Crippen LogP contribution in [0.4, 0.5) is 0 Å². The molecule has 2 unspecified atom stereocenters. The Morgan fingerprint density at radius 2 is 1.73 bits per heavy atom. The van der Waals surface area contributed by atoms with E-state index in [-0.39, 0.29) is 0 Å². The molecule has 0 nitrogen and oxygen atoms in total. The third-order valence-corrected chi connectivity index (χ3v) is 2.96. The lowest BCUT2D eigenvalue weighted by atomic mass is 10.0. The van der Waals surface area contributed by atoms with Gasteiger partial charge >= 0.3 is 0 Å². The molecule has 11 heavy (non-hydrogen) atoms. The highest BCUT2D eigenvalue weighted by atomic mass is 14.3. The van der Waals surface area contributed by atoms with Crippen LogP contribution in [0.3, 0.4) is 0 Å². The predicted octanol–water partition coefficient (Wildman–Crippen LogP) is 3.63. The molecule has 1 fully saturated rings. The minimum atomic E-state index is 0.889. The number of hydrogen-bond acceptors (Lipinski definition) is 0. The van der Waals surface area contributed by atoms with E-state index < -0.39 is 0 Å². The van der Waals surface area contributed by atoms with E-state index in [1.807, 2.05) is 0 Å². The van der Waals surface area contributed by atoms with Crippen LogP contribution < -0.4 is 0 Å². The van der Waals surface area contributed by atoms with E-state index in [1.165, 1.54) is 19.3 Å². The highest BCUT2D eigenvalue weighted by Crippen LogP contribution is 2.36. The molecule has 64 valence electrons. The molecule has 1 aliphatic rings. The van der Waals surface area contributed by atoms with Crippen LogP contribution >= 0.6 is 0 Å². The lowest BCUT2D eigenvalue weighted by molar-refractivity contribution is 0.457. The minimum Gasteiger partial charge on any atom is -0.0885 e. The molecule has 0 bridgehead atoms. The second kappa shape index (κ2) is 3.94. The molecular formula is C11H20. The zero-order valence-electron chi connectivity index (χ0n) is 8.01. The quantitative estimate of drug-likeness (QED) is 0.530. The van der Waals surface area contributed by atoms with Crippen molar-refractivity contribution < 1.29 is 0 Å². The third-order valence-electron chi connectivity index (χ3n) is 2.96. The van der Waals surface area contributed by atoms with Crippen molar-refractivity contribution in [2.24, 2.45) is 17.8 Å². The van der Waals surface area contributed by atoms with Gasteiger partial charge in [0.1, 0.15) is 0 Å². The van der Waals surface area contributed by atoms with Crippen molar-refractivity contribution in [1.29, 1.82) is 0 Å². The minimum absolute atomic E-state index is 0.889. The Bertz CT molecular complexity index is 125. The van der Waals surface area contributed by atoms with Gasteiger partial charge in [-0.3, -0.25) is 0 Å². The molecule has 0 N–H and O–H groups in total. The zero-order valence-corrected chi connectivity index (χ0v) is 8.01. The average molecular weight is 152 g/mol. The van der Waals surface area contributed by atoms with Gasteiger partial charge in [0.25, 0.3) is 0 Å². The predicted molar refractivity (Wildman–Crippen MR) is 50.5 cm³/mol. The molecule has 0 radical (unpaired) electrons. The van der Waals surface area contributed by atoms with Gasteiger partial charge < -0.3 is 0 Å². The van der Waals surface area contributed by atoms with E-state index in [9.17, 15) is 0 Å². The largest absolute Gasteiger partial charge is 0.0885 e. The summed E-state index contributed by atoms with van der Waals surface area (Å²) in [6.07, 6.45) is 8.75.